The summed E-state index contributed by atoms with van der Waals surface area (Å²) in [4.78, 5) is 2.34. The zero-order valence-electron chi connectivity index (χ0n) is 12.6. The first-order valence-electron chi connectivity index (χ1n) is 7.12. The van der Waals surface area contributed by atoms with Crippen molar-refractivity contribution in [2.75, 3.05) is 14.1 Å². The summed E-state index contributed by atoms with van der Waals surface area (Å²) in [5.41, 5.74) is 4.29. The molecule has 19 heavy (non-hydrogen) atoms. The van der Waals surface area contributed by atoms with Gasteiger partial charge in [-0.25, -0.2) is 5.43 Å². The minimum absolute atomic E-state index is 0.0784. The fourth-order valence-electron chi connectivity index (χ4n) is 3.44. The average Bonchev–Trinajstić information content (AvgIpc) is 2.79. The highest BCUT2D eigenvalue weighted by atomic mass is 15.3. The van der Waals surface area contributed by atoms with Crippen molar-refractivity contribution in [2.45, 2.75) is 44.2 Å². The molecular weight excluding hydrogens is 238 g/mol. The van der Waals surface area contributed by atoms with Crippen LogP contribution in [0.15, 0.2) is 12.3 Å². The summed E-state index contributed by atoms with van der Waals surface area (Å²) >= 11 is 0. The van der Waals surface area contributed by atoms with Crippen molar-refractivity contribution in [3.63, 3.8) is 0 Å². The Hall–Kier alpha value is -0.910. The van der Waals surface area contributed by atoms with Crippen LogP contribution >= 0.6 is 0 Å². The maximum absolute atomic E-state index is 5.90. The summed E-state index contributed by atoms with van der Waals surface area (Å²) in [6.07, 6.45) is 6.69. The van der Waals surface area contributed by atoms with Gasteiger partial charge in [-0.15, -0.1) is 0 Å². The van der Waals surface area contributed by atoms with Crippen molar-refractivity contribution in [3.05, 3.63) is 18.0 Å². The minimum Gasteiger partial charge on any atom is -0.302 e. The SMILES string of the molecule is CC1CCC(C(NN)c2ccnn2C)(N(C)C)CC1. The molecule has 108 valence electrons. The van der Waals surface area contributed by atoms with Crippen LogP contribution in [0, 0.1) is 5.92 Å². The monoisotopic (exact) mass is 265 g/mol. The van der Waals surface area contributed by atoms with E-state index >= 15 is 0 Å². The second kappa shape index (κ2) is 5.61. The molecule has 0 aliphatic heterocycles. The lowest BCUT2D eigenvalue weighted by atomic mass is 9.71. The van der Waals surface area contributed by atoms with E-state index in [4.69, 9.17) is 5.84 Å². The van der Waals surface area contributed by atoms with E-state index in [2.05, 4.69) is 42.5 Å². The molecule has 1 unspecified atom stereocenters. The van der Waals surface area contributed by atoms with Crippen molar-refractivity contribution < 1.29 is 0 Å². The lowest BCUT2D eigenvalue weighted by molar-refractivity contribution is 0.0400. The lowest BCUT2D eigenvalue weighted by Gasteiger charge is -2.49. The number of rotatable bonds is 4. The molecule has 0 radical (unpaired) electrons. The zero-order chi connectivity index (χ0) is 14.0. The number of nitrogens with zero attached hydrogens (tertiary/aromatic N) is 3. The van der Waals surface area contributed by atoms with Crippen molar-refractivity contribution in [3.8, 4) is 0 Å². The van der Waals surface area contributed by atoms with Crippen molar-refractivity contribution in [1.29, 1.82) is 0 Å². The third-order valence-corrected chi connectivity index (χ3v) is 4.89. The predicted molar refractivity (Wildman–Crippen MR) is 77.3 cm³/mol. The molecule has 1 heterocycles. The van der Waals surface area contributed by atoms with E-state index in [1.165, 1.54) is 25.7 Å². The summed E-state index contributed by atoms with van der Waals surface area (Å²) in [5.74, 6) is 6.72. The van der Waals surface area contributed by atoms with Gasteiger partial charge in [0.15, 0.2) is 0 Å². The molecule has 3 N–H and O–H groups in total. The van der Waals surface area contributed by atoms with Crippen LogP contribution in [0.5, 0.6) is 0 Å². The van der Waals surface area contributed by atoms with Crippen molar-refractivity contribution >= 4 is 0 Å². The highest BCUT2D eigenvalue weighted by Crippen LogP contribution is 2.43. The van der Waals surface area contributed by atoms with Crippen molar-refractivity contribution in [1.82, 2.24) is 20.1 Å². The molecule has 0 amide bonds. The second-order valence-corrected chi connectivity index (χ2v) is 6.16. The van der Waals surface area contributed by atoms with E-state index in [1.807, 2.05) is 17.9 Å². The highest BCUT2D eigenvalue weighted by Gasteiger charge is 2.44. The van der Waals surface area contributed by atoms with Gasteiger partial charge in [-0.3, -0.25) is 10.5 Å². The number of nitrogens with two attached hydrogens (primary N) is 1. The fraction of sp³-hybridized carbons (Fsp3) is 0.786. The van der Waals surface area contributed by atoms with E-state index in [0.29, 0.717) is 0 Å². The predicted octanol–water partition coefficient (Wildman–Crippen LogP) is 1.43. The number of nitrogens with one attached hydrogen (secondary N) is 1. The van der Waals surface area contributed by atoms with Crippen molar-refractivity contribution in [2.24, 2.45) is 18.8 Å². The lowest BCUT2D eigenvalue weighted by Crippen LogP contribution is -2.57. The molecule has 5 nitrogen and oxygen atoms in total. The Labute approximate surface area is 116 Å². The smallest absolute Gasteiger partial charge is 0.0812 e. The van der Waals surface area contributed by atoms with E-state index in [0.717, 1.165) is 11.6 Å². The van der Waals surface area contributed by atoms with Crippen LogP contribution in [-0.2, 0) is 7.05 Å². The van der Waals surface area contributed by atoms with E-state index in [1.54, 1.807) is 0 Å². The van der Waals surface area contributed by atoms with Crippen LogP contribution in [-0.4, -0.2) is 34.3 Å². The van der Waals surface area contributed by atoms with Gasteiger partial charge >= 0.3 is 0 Å². The van der Waals surface area contributed by atoms with Gasteiger partial charge in [-0.05, 0) is 51.8 Å². The summed E-state index contributed by atoms with van der Waals surface area (Å²) < 4.78 is 1.92. The number of hydrogen-bond donors (Lipinski definition) is 2. The normalized spacial score (nSPS) is 29.7. The Bertz CT molecular complexity index is 404. The summed E-state index contributed by atoms with van der Waals surface area (Å²) in [7, 11) is 6.31. The molecule has 1 aliphatic rings. The molecule has 1 saturated carbocycles. The van der Waals surface area contributed by atoms with Crippen LogP contribution in [0.25, 0.3) is 0 Å². The summed E-state index contributed by atoms with van der Waals surface area (Å²) in [6, 6.07) is 2.18. The first-order chi connectivity index (χ1) is 9.01. The standard InChI is InChI=1S/C14H27N5/c1-11-5-8-14(9-6-11,18(2)3)13(17-15)12-7-10-16-19(12)4/h7,10-11,13,17H,5-6,8-9,15H2,1-4H3. The first kappa shape index (κ1) is 14.5. The van der Waals surface area contributed by atoms with Crippen LogP contribution < -0.4 is 11.3 Å². The maximum Gasteiger partial charge on any atom is 0.0812 e. The molecular formula is C14H27N5. The topological polar surface area (TPSA) is 59.1 Å². The number of likely N-dealkylation sites (N-methyl/N-ethyl adjacent to an activating group) is 1. The molecule has 0 saturated heterocycles. The number of hydrazine groups is 1. The van der Waals surface area contributed by atoms with Gasteiger partial charge in [0.05, 0.1) is 11.7 Å². The van der Waals surface area contributed by atoms with Gasteiger partial charge in [0.1, 0.15) is 0 Å². The van der Waals surface area contributed by atoms with Crippen LogP contribution in [0.1, 0.15) is 44.3 Å². The van der Waals surface area contributed by atoms with Gasteiger partial charge in [0, 0.05) is 18.8 Å². The first-order valence-corrected chi connectivity index (χ1v) is 7.12. The number of aromatic nitrogens is 2. The van der Waals surface area contributed by atoms with E-state index < -0.39 is 0 Å². The molecule has 0 spiro atoms. The maximum atomic E-state index is 5.90. The number of aryl methyl sites for hydroxylation is 1. The van der Waals surface area contributed by atoms with Crippen LogP contribution in [0.4, 0.5) is 0 Å². The Kier molecular flexibility index (Phi) is 4.28. The molecule has 5 heteroatoms. The Balaban J connectivity index is 2.34. The summed E-state index contributed by atoms with van der Waals surface area (Å²) in [5, 5.41) is 4.29. The molecule has 2 rings (SSSR count). The van der Waals surface area contributed by atoms with Gasteiger partial charge in [-0.1, -0.05) is 6.92 Å². The molecule has 1 atom stereocenters. The Morgan fingerprint density at radius 1 is 1.47 bits per heavy atom. The molecule has 1 fully saturated rings. The Morgan fingerprint density at radius 2 is 2.11 bits per heavy atom. The Morgan fingerprint density at radius 3 is 2.53 bits per heavy atom. The average molecular weight is 265 g/mol. The van der Waals surface area contributed by atoms with Gasteiger partial charge in [0.25, 0.3) is 0 Å². The van der Waals surface area contributed by atoms with E-state index in [-0.39, 0.29) is 11.6 Å². The molecule has 0 bridgehead atoms. The largest absolute Gasteiger partial charge is 0.302 e. The minimum atomic E-state index is 0.0784. The highest BCUT2D eigenvalue weighted by molar-refractivity contribution is 5.16. The number of hydrogen-bond acceptors (Lipinski definition) is 4. The molecule has 1 aliphatic carbocycles. The van der Waals surface area contributed by atoms with E-state index in [9.17, 15) is 0 Å². The van der Waals surface area contributed by atoms with Gasteiger partial charge in [0.2, 0.25) is 0 Å². The molecule has 1 aromatic rings. The fourth-order valence-corrected chi connectivity index (χ4v) is 3.44. The third-order valence-electron chi connectivity index (χ3n) is 4.89. The zero-order valence-corrected chi connectivity index (χ0v) is 12.6. The quantitative estimate of drug-likeness (QED) is 0.639. The van der Waals surface area contributed by atoms with Gasteiger partial charge < -0.3 is 4.90 Å². The molecule has 0 aromatic carbocycles. The third kappa shape index (κ3) is 2.55. The van der Waals surface area contributed by atoms with Crippen LogP contribution in [0.3, 0.4) is 0 Å². The summed E-state index contributed by atoms with van der Waals surface area (Å²) in [6.45, 7) is 2.34. The second-order valence-electron chi connectivity index (χ2n) is 6.16. The molecule has 1 aromatic heterocycles. The van der Waals surface area contributed by atoms with Crippen LogP contribution in [0.2, 0.25) is 0 Å². The van der Waals surface area contributed by atoms with Gasteiger partial charge in [-0.2, -0.15) is 5.10 Å².